The number of amides is 1. The Morgan fingerprint density at radius 1 is 1.17 bits per heavy atom. The van der Waals surface area contributed by atoms with Gasteiger partial charge in [-0.1, -0.05) is 12.1 Å². The van der Waals surface area contributed by atoms with Crippen LogP contribution in [0.2, 0.25) is 0 Å². The van der Waals surface area contributed by atoms with E-state index in [4.69, 9.17) is 4.74 Å². The van der Waals surface area contributed by atoms with Gasteiger partial charge in [-0.25, -0.2) is 0 Å². The molecule has 1 aromatic heterocycles. The Bertz CT molecular complexity index is 1020. The number of aromatic amines is 1. The molecular formula is C24H29N3O2. The molecule has 0 radical (unpaired) electrons. The quantitative estimate of drug-likeness (QED) is 0.656. The third-order valence-electron chi connectivity index (χ3n) is 6.09. The topological polar surface area (TPSA) is 57.4 Å². The van der Waals surface area contributed by atoms with Crippen LogP contribution in [0.25, 0.3) is 10.9 Å². The fourth-order valence-electron chi connectivity index (χ4n) is 4.25. The Morgan fingerprint density at radius 2 is 1.97 bits per heavy atom. The van der Waals surface area contributed by atoms with Gasteiger partial charge in [0, 0.05) is 28.7 Å². The average molecular weight is 392 g/mol. The minimum absolute atomic E-state index is 0.0303. The Balaban J connectivity index is 1.53. The number of likely N-dealkylation sites (tertiary alicyclic amines) is 1. The van der Waals surface area contributed by atoms with Crippen molar-refractivity contribution in [1.82, 2.24) is 15.2 Å². The predicted octanol–water partition coefficient (Wildman–Crippen LogP) is 4.36. The van der Waals surface area contributed by atoms with Crippen molar-refractivity contribution < 1.29 is 9.53 Å². The van der Waals surface area contributed by atoms with Crippen molar-refractivity contribution in [2.24, 2.45) is 0 Å². The Morgan fingerprint density at radius 3 is 2.72 bits per heavy atom. The number of ether oxygens (including phenoxy) is 1. The van der Waals surface area contributed by atoms with Crippen LogP contribution in [0.5, 0.6) is 5.75 Å². The molecule has 1 fully saturated rings. The molecule has 2 N–H and O–H groups in total. The largest absolute Gasteiger partial charge is 0.497 e. The van der Waals surface area contributed by atoms with Crippen LogP contribution in [-0.2, 0) is 0 Å². The van der Waals surface area contributed by atoms with Gasteiger partial charge in [0.05, 0.1) is 13.2 Å². The summed E-state index contributed by atoms with van der Waals surface area (Å²) in [6, 6.07) is 14.2. The summed E-state index contributed by atoms with van der Waals surface area (Å²) in [5.74, 6) is 0.819. The number of nitrogens with one attached hydrogen (secondary N) is 2. The number of aromatic nitrogens is 1. The summed E-state index contributed by atoms with van der Waals surface area (Å²) in [7, 11) is 1.69. The van der Waals surface area contributed by atoms with E-state index in [9.17, 15) is 4.79 Å². The van der Waals surface area contributed by atoms with Gasteiger partial charge in [0.2, 0.25) is 0 Å². The normalized spacial score (nSPS) is 15.6. The van der Waals surface area contributed by atoms with E-state index < -0.39 is 0 Å². The van der Waals surface area contributed by atoms with Crippen molar-refractivity contribution in [2.75, 3.05) is 26.7 Å². The SMILES string of the molecule is COc1cccc([C@@H](CNC(=O)c2ccc3[nH]c(C)c(C)c3c2)N2CCCC2)c1. The molecule has 1 aliphatic rings. The van der Waals surface area contributed by atoms with E-state index >= 15 is 0 Å². The first-order valence-corrected chi connectivity index (χ1v) is 10.3. The molecule has 5 nitrogen and oxygen atoms in total. The van der Waals surface area contributed by atoms with Crippen LogP contribution in [0.3, 0.4) is 0 Å². The lowest BCUT2D eigenvalue weighted by atomic mass is 10.0. The summed E-state index contributed by atoms with van der Waals surface area (Å²) < 4.78 is 5.41. The zero-order chi connectivity index (χ0) is 20.4. The van der Waals surface area contributed by atoms with Crippen LogP contribution in [0, 0.1) is 13.8 Å². The van der Waals surface area contributed by atoms with Crippen molar-refractivity contribution in [2.45, 2.75) is 32.7 Å². The summed E-state index contributed by atoms with van der Waals surface area (Å²) in [6.07, 6.45) is 2.41. The van der Waals surface area contributed by atoms with Gasteiger partial charge >= 0.3 is 0 Å². The van der Waals surface area contributed by atoms with Crippen molar-refractivity contribution in [3.05, 3.63) is 64.8 Å². The van der Waals surface area contributed by atoms with E-state index in [0.29, 0.717) is 12.1 Å². The molecule has 0 spiro atoms. The lowest BCUT2D eigenvalue weighted by Gasteiger charge is -2.28. The van der Waals surface area contributed by atoms with E-state index in [-0.39, 0.29) is 11.9 Å². The maximum atomic E-state index is 12.9. The number of hydrogen-bond donors (Lipinski definition) is 2. The smallest absolute Gasteiger partial charge is 0.251 e. The van der Waals surface area contributed by atoms with Crippen molar-refractivity contribution >= 4 is 16.8 Å². The van der Waals surface area contributed by atoms with Gasteiger partial charge in [0.15, 0.2) is 0 Å². The first-order valence-electron chi connectivity index (χ1n) is 10.3. The summed E-state index contributed by atoms with van der Waals surface area (Å²) in [4.78, 5) is 18.7. The van der Waals surface area contributed by atoms with Gasteiger partial charge in [0.1, 0.15) is 5.75 Å². The fraction of sp³-hybridized carbons (Fsp3) is 0.375. The lowest BCUT2D eigenvalue weighted by molar-refractivity contribution is 0.0938. The molecule has 5 heteroatoms. The second kappa shape index (κ2) is 8.29. The molecule has 1 atom stereocenters. The highest BCUT2D eigenvalue weighted by molar-refractivity contribution is 5.99. The second-order valence-corrected chi connectivity index (χ2v) is 7.88. The molecule has 1 saturated heterocycles. The molecule has 4 rings (SSSR count). The van der Waals surface area contributed by atoms with Crippen LogP contribution in [-0.4, -0.2) is 42.5 Å². The molecular weight excluding hydrogens is 362 g/mol. The molecule has 2 heterocycles. The minimum atomic E-state index is -0.0303. The predicted molar refractivity (Wildman–Crippen MR) is 117 cm³/mol. The standard InChI is InChI=1S/C24H29N3O2/c1-16-17(2)26-22-10-9-19(14-21(16)22)24(28)25-15-23(27-11-4-5-12-27)18-7-6-8-20(13-18)29-3/h6-10,13-14,23,26H,4-5,11-12,15H2,1-3H3,(H,25,28)/t23-/m1/s1. The number of H-pyrrole nitrogens is 1. The summed E-state index contributed by atoms with van der Waals surface area (Å²) in [6.45, 7) is 6.85. The Hall–Kier alpha value is -2.79. The molecule has 1 aliphatic heterocycles. The van der Waals surface area contributed by atoms with Gasteiger partial charge < -0.3 is 15.0 Å². The molecule has 0 saturated carbocycles. The zero-order valence-electron chi connectivity index (χ0n) is 17.4. The number of hydrogen-bond acceptors (Lipinski definition) is 3. The molecule has 29 heavy (non-hydrogen) atoms. The number of carbonyl (C=O) groups excluding carboxylic acids is 1. The van der Waals surface area contributed by atoms with Gasteiger partial charge in [0.25, 0.3) is 5.91 Å². The first kappa shape index (κ1) is 19.5. The van der Waals surface area contributed by atoms with E-state index in [1.54, 1.807) is 7.11 Å². The van der Waals surface area contributed by atoms with Crippen LogP contribution in [0.4, 0.5) is 0 Å². The van der Waals surface area contributed by atoms with Crippen LogP contribution >= 0.6 is 0 Å². The van der Waals surface area contributed by atoms with Crippen LogP contribution in [0.1, 0.15) is 46.1 Å². The van der Waals surface area contributed by atoms with Crippen molar-refractivity contribution in [1.29, 1.82) is 0 Å². The van der Waals surface area contributed by atoms with Crippen LogP contribution in [0.15, 0.2) is 42.5 Å². The highest BCUT2D eigenvalue weighted by atomic mass is 16.5. The average Bonchev–Trinajstić information content (AvgIpc) is 3.37. The third kappa shape index (κ3) is 4.01. The monoisotopic (exact) mass is 391 g/mol. The van der Waals surface area contributed by atoms with Crippen LogP contribution < -0.4 is 10.1 Å². The van der Waals surface area contributed by atoms with Crippen molar-refractivity contribution in [3.63, 3.8) is 0 Å². The molecule has 0 bridgehead atoms. The minimum Gasteiger partial charge on any atom is -0.497 e. The number of benzene rings is 2. The maximum Gasteiger partial charge on any atom is 0.251 e. The molecule has 1 amide bonds. The fourth-order valence-corrected chi connectivity index (χ4v) is 4.25. The first-order chi connectivity index (χ1) is 14.1. The van der Waals surface area contributed by atoms with Crippen molar-refractivity contribution in [3.8, 4) is 5.75 Å². The van der Waals surface area contributed by atoms with Gasteiger partial charge in [-0.2, -0.15) is 0 Å². The number of rotatable bonds is 6. The summed E-state index contributed by atoms with van der Waals surface area (Å²) >= 11 is 0. The highest BCUT2D eigenvalue weighted by Crippen LogP contribution is 2.27. The van der Waals surface area contributed by atoms with E-state index in [0.717, 1.165) is 35.4 Å². The van der Waals surface area contributed by atoms with Gasteiger partial charge in [-0.05, 0) is 81.2 Å². The van der Waals surface area contributed by atoms with E-state index in [1.165, 1.54) is 24.0 Å². The van der Waals surface area contributed by atoms with Gasteiger partial charge in [-0.15, -0.1) is 0 Å². The highest BCUT2D eigenvalue weighted by Gasteiger charge is 2.24. The number of fused-ring (bicyclic) bond motifs is 1. The Kier molecular flexibility index (Phi) is 5.58. The zero-order valence-corrected chi connectivity index (χ0v) is 17.4. The molecule has 152 valence electrons. The summed E-state index contributed by atoms with van der Waals surface area (Å²) in [5, 5.41) is 4.28. The molecule has 2 aromatic carbocycles. The maximum absolute atomic E-state index is 12.9. The van der Waals surface area contributed by atoms with Gasteiger partial charge in [-0.3, -0.25) is 9.69 Å². The molecule has 0 aliphatic carbocycles. The van der Waals surface area contributed by atoms with E-state index in [2.05, 4.69) is 41.2 Å². The number of nitrogens with zero attached hydrogens (tertiary/aromatic N) is 1. The number of methoxy groups -OCH3 is 1. The van der Waals surface area contributed by atoms with E-state index in [1.807, 2.05) is 30.3 Å². The Labute approximate surface area is 172 Å². The second-order valence-electron chi connectivity index (χ2n) is 7.88. The number of aryl methyl sites for hydroxylation is 2. The third-order valence-corrected chi connectivity index (χ3v) is 6.09. The molecule has 3 aromatic rings. The summed E-state index contributed by atoms with van der Waals surface area (Å²) in [5.41, 5.74) is 5.29. The number of carbonyl (C=O) groups is 1. The molecule has 0 unspecified atom stereocenters. The lowest BCUT2D eigenvalue weighted by Crippen LogP contribution is -2.36.